The molecule has 32 heavy (non-hydrogen) atoms. The smallest absolute Gasteiger partial charge is 0.273 e. The minimum atomic E-state index is -0.508. The predicted molar refractivity (Wildman–Crippen MR) is 121 cm³/mol. The normalized spacial score (nSPS) is 14.2. The van der Waals surface area contributed by atoms with E-state index in [1.54, 1.807) is 25.3 Å². The van der Waals surface area contributed by atoms with Crippen molar-refractivity contribution in [1.29, 1.82) is 0 Å². The molecule has 0 aliphatic carbocycles. The summed E-state index contributed by atoms with van der Waals surface area (Å²) >= 11 is 1.35. The van der Waals surface area contributed by atoms with E-state index in [1.807, 2.05) is 6.92 Å². The second-order valence-corrected chi connectivity index (χ2v) is 8.85. The molecule has 2 amide bonds. The lowest BCUT2D eigenvalue weighted by Crippen LogP contribution is -2.41. The van der Waals surface area contributed by atoms with Crippen LogP contribution in [0.1, 0.15) is 27.2 Å². The number of thiazole rings is 1. The minimum absolute atomic E-state index is 0.119. The average molecular weight is 462 g/mol. The van der Waals surface area contributed by atoms with E-state index in [0.29, 0.717) is 36.9 Å². The molecule has 0 radical (unpaired) electrons. The molecule has 1 aromatic heterocycles. The van der Waals surface area contributed by atoms with Crippen molar-refractivity contribution in [2.24, 2.45) is 0 Å². The fraction of sp³-hybridized carbons (Fsp3) is 0.476. The van der Waals surface area contributed by atoms with Gasteiger partial charge in [0.25, 0.3) is 11.6 Å². The number of amides is 2. The van der Waals surface area contributed by atoms with Crippen LogP contribution in [0.25, 0.3) is 0 Å². The molecule has 1 aromatic carbocycles. The SMILES string of the molecule is Cc1cnc(NC(=O)CN(CCCN2CCOCC2)C(=O)c2ccc(C)c([N+](=O)[O-])c2)s1. The van der Waals surface area contributed by atoms with Gasteiger partial charge < -0.3 is 15.0 Å². The van der Waals surface area contributed by atoms with Crippen LogP contribution in [0, 0.1) is 24.0 Å². The Morgan fingerprint density at radius 3 is 2.72 bits per heavy atom. The third-order valence-corrected chi connectivity index (χ3v) is 5.98. The summed E-state index contributed by atoms with van der Waals surface area (Å²) in [6.07, 6.45) is 2.33. The molecule has 2 heterocycles. The third-order valence-electron chi connectivity index (χ3n) is 5.15. The van der Waals surface area contributed by atoms with Crippen LogP contribution in [0.4, 0.5) is 10.8 Å². The van der Waals surface area contributed by atoms with Crippen LogP contribution in [-0.4, -0.2) is 77.5 Å². The molecule has 1 aliphatic rings. The highest BCUT2D eigenvalue weighted by atomic mass is 32.1. The van der Waals surface area contributed by atoms with Crippen molar-refractivity contribution in [2.75, 3.05) is 51.3 Å². The second-order valence-electron chi connectivity index (χ2n) is 7.62. The maximum atomic E-state index is 13.2. The highest BCUT2D eigenvalue weighted by molar-refractivity contribution is 7.15. The van der Waals surface area contributed by atoms with Gasteiger partial charge in [-0.2, -0.15) is 0 Å². The standard InChI is InChI=1S/C21H27N5O5S/c1-15-4-5-17(12-18(15)26(29)30)20(28)25(7-3-6-24-8-10-31-11-9-24)14-19(27)23-21-22-13-16(2)32-21/h4-5,12-13H,3,6-11,14H2,1-2H3,(H,22,23,27). The van der Waals surface area contributed by atoms with Crippen molar-refractivity contribution < 1.29 is 19.2 Å². The number of nitrogens with one attached hydrogen (secondary N) is 1. The predicted octanol–water partition coefficient (Wildman–Crippen LogP) is 2.47. The Morgan fingerprint density at radius 1 is 1.31 bits per heavy atom. The van der Waals surface area contributed by atoms with E-state index >= 15 is 0 Å². The summed E-state index contributed by atoms with van der Waals surface area (Å²) in [6.45, 7) is 7.51. The summed E-state index contributed by atoms with van der Waals surface area (Å²) in [5.41, 5.74) is 0.542. The first-order chi connectivity index (χ1) is 15.3. The van der Waals surface area contributed by atoms with Gasteiger partial charge in [-0.25, -0.2) is 4.98 Å². The second kappa shape index (κ2) is 11.1. The molecule has 0 atom stereocenters. The number of nitrogens with zero attached hydrogens (tertiary/aromatic N) is 4. The van der Waals surface area contributed by atoms with E-state index in [1.165, 1.54) is 22.3 Å². The van der Waals surface area contributed by atoms with Crippen molar-refractivity contribution in [1.82, 2.24) is 14.8 Å². The van der Waals surface area contributed by atoms with Gasteiger partial charge in [0, 0.05) is 54.4 Å². The van der Waals surface area contributed by atoms with Crippen LogP contribution < -0.4 is 5.32 Å². The molecule has 3 rings (SSSR count). The molecule has 172 valence electrons. The van der Waals surface area contributed by atoms with Crippen molar-refractivity contribution >= 4 is 34.0 Å². The number of aryl methyl sites for hydroxylation is 2. The number of rotatable bonds is 9. The number of hydrogen-bond donors (Lipinski definition) is 1. The number of aromatic nitrogens is 1. The Labute approximate surface area is 190 Å². The third kappa shape index (κ3) is 6.55. The van der Waals surface area contributed by atoms with Crippen LogP contribution in [0.2, 0.25) is 0 Å². The monoisotopic (exact) mass is 461 g/mol. The van der Waals surface area contributed by atoms with Gasteiger partial charge >= 0.3 is 0 Å². The molecule has 0 saturated carbocycles. The lowest BCUT2D eigenvalue weighted by atomic mass is 10.1. The fourth-order valence-corrected chi connectivity index (χ4v) is 4.11. The van der Waals surface area contributed by atoms with Gasteiger partial charge in [0.15, 0.2) is 5.13 Å². The number of ether oxygens (including phenoxy) is 1. The first-order valence-corrected chi connectivity index (χ1v) is 11.2. The Bertz CT molecular complexity index is 973. The largest absolute Gasteiger partial charge is 0.379 e. The summed E-state index contributed by atoms with van der Waals surface area (Å²) in [5.74, 6) is -0.777. The molecule has 1 N–H and O–H groups in total. The highest BCUT2D eigenvalue weighted by Crippen LogP contribution is 2.21. The van der Waals surface area contributed by atoms with Gasteiger partial charge in [0.2, 0.25) is 5.91 Å². The number of carbonyl (C=O) groups excluding carboxylic acids is 2. The Hall–Kier alpha value is -2.89. The molecular weight excluding hydrogens is 434 g/mol. The van der Waals surface area contributed by atoms with Crippen LogP contribution in [-0.2, 0) is 9.53 Å². The Balaban J connectivity index is 1.70. The van der Waals surface area contributed by atoms with E-state index in [9.17, 15) is 19.7 Å². The van der Waals surface area contributed by atoms with Crippen molar-refractivity contribution in [2.45, 2.75) is 20.3 Å². The number of carbonyl (C=O) groups is 2. The Morgan fingerprint density at radius 2 is 2.06 bits per heavy atom. The molecule has 10 nitrogen and oxygen atoms in total. The zero-order valence-corrected chi connectivity index (χ0v) is 19.0. The van der Waals surface area contributed by atoms with Crippen LogP contribution in [0.15, 0.2) is 24.4 Å². The van der Waals surface area contributed by atoms with Gasteiger partial charge in [-0.15, -0.1) is 11.3 Å². The number of hydrogen-bond acceptors (Lipinski definition) is 8. The summed E-state index contributed by atoms with van der Waals surface area (Å²) in [6, 6.07) is 4.38. The van der Waals surface area contributed by atoms with Gasteiger partial charge in [-0.1, -0.05) is 6.07 Å². The molecule has 1 aliphatic heterocycles. The fourth-order valence-electron chi connectivity index (χ4n) is 3.43. The Kier molecular flexibility index (Phi) is 8.26. The van der Waals surface area contributed by atoms with Crippen LogP contribution >= 0.6 is 11.3 Å². The molecule has 2 aromatic rings. The number of nitro groups is 1. The van der Waals surface area contributed by atoms with E-state index < -0.39 is 10.8 Å². The first kappa shape index (κ1) is 23.8. The number of anilines is 1. The van der Waals surface area contributed by atoms with Gasteiger partial charge in [0.05, 0.1) is 18.1 Å². The summed E-state index contributed by atoms with van der Waals surface area (Å²) < 4.78 is 5.36. The van der Waals surface area contributed by atoms with Gasteiger partial charge in [-0.05, 0) is 26.3 Å². The zero-order valence-electron chi connectivity index (χ0n) is 18.2. The summed E-state index contributed by atoms with van der Waals surface area (Å²) in [4.78, 5) is 45.3. The quantitative estimate of drug-likeness (QED) is 0.450. The molecule has 0 unspecified atom stereocenters. The van der Waals surface area contributed by atoms with E-state index in [4.69, 9.17) is 4.74 Å². The summed E-state index contributed by atoms with van der Waals surface area (Å²) in [5, 5.41) is 14.5. The number of morpholine rings is 1. The minimum Gasteiger partial charge on any atom is -0.379 e. The van der Waals surface area contributed by atoms with E-state index in [0.717, 1.165) is 24.5 Å². The molecule has 0 bridgehead atoms. The first-order valence-electron chi connectivity index (χ1n) is 10.4. The zero-order chi connectivity index (χ0) is 23.1. The van der Waals surface area contributed by atoms with Crippen LogP contribution in [0.3, 0.4) is 0 Å². The molecule has 1 fully saturated rings. The molecule has 11 heteroatoms. The maximum absolute atomic E-state index is 13.2. The van der Waals surface area contributed by atoms with Crippen LogP contribution in [0.5, 0.6) is 0 Å². The van der Waals surface area contributed by atoms with Gasteiger partial charge in [-0.3, -0.25) is 24.6 Å². The van der Waals surface area contributed by atoms with Crippen molar-refractivity contribution in [3.63, 3.8) is 0 Å². The maximum Gasteiger partial charge on any atom is 0.273 e. The molecule has 0 spiro atoms. The van der Waals surface area contributed by atoms with E-state index in [-0.39, 0.29) is 23.7 Å². The lowest BCUT2D eigenvalue weighted by molar-refractivity contribution is -0.385. The molecule has 1 saturated heterocycles. The summed E-state index contributed by atoms with van der Waals surface area (Å²) in [7, 11) is 0. The molecular formula is C21H27N5O5S. The van der Waals surface area contributed by atoms with E-state index in [2.05, 4.69) is 15.2 Å². The topological polar surface area (TPSA) is 118 Å². The van der Waals surface area contributed by atoms with Crippen molar-refractivity contribution in [3.8, 4) is 0 Å². The number of nitro benzene ring substituents is 1. The highest BCUT2D eigenvalue weighted by Gasteiger charge is 2.23. The van der Waals surface area contributed by atoms with Crippen molar-refractivity contribution in [3.05, 3.63) is 50.5 Å². The van der Waals surface area contributed by atoms with Gasteiger partial charge in [0.1, 0.15) is 6.54 Å². The average Bonchev–Trinajstić information content (AvgIpc) is 3.17. The number of benzene rings is 1. The lowest BCUT2D eigenvalue weighted by Gasteiger charge is -2.28.